The molecule has 0 unspecified atom stereocenters. The van der Waals surface area contributed by atoms with Crippen LogP contribution in [0.25, 0.3) is 0 Å². The van der Waals surface area contributed by atoms with E-state index in [9.17, 15) is 0 Å². The van der Waals surface area contributed by atoms with Gasteiger partial charge >= 0.3 is 0 Å². The van der Waals surface area contributed by atoms with Crippen molar-refractivity contribution in [2.75, 3.05) is 55.4 Å². The molecule has 0 radical (unpaired) electrons. The summed E-state index contributed by atoms with van der Waals surface area (Å²) in [5.41, 5.74) is 0. The largest absolute Gasteiger partial charge is 1.00 e. The molecule has 0 aromatic heterocycles. The summed E-state index contributed by atoms with van der Waals surface area (Å²) in [6, 6.07) is 0. The van der Waals surface area contributed by atoms with E-state index in [0.29, 0.717) is 0 Å². The van der Waals surface area contributed by atoms with Crippen molar-refractivity contribution < 1.29 is 33.8 Å². The van der Waals surface area contributed by atoms with E-state index in [2.05, 4.69) is 56.1 Å². The fourth-order valence-corrected chi connectivity index (χ4v) is 5.21. The van der Waals surface area contributed by atoms with Gasteiger partial charge in [0.25, 0.3) is 0 Å². The number of unbranched alkanes of at least 4 members (excludes halogenated alkanes) is 24. The van der Waals surface area contributed by atoms with E-state index in [1.54, 1.807) is 0 Å². The van der Waals surface area contributed by atoms with Crippen LogP contribution < -0.4 is 24.8 Å². The topological polar surface area (TPSA) is 0 Å². The van der Waals surface area contributed by atoms with Gasteiger partial charge in [-0.1, -0.05) is 155 Å². The van der Waals surface area contributed by atoms with E-state index in [1.807, 2.05) is 0 Å². The molecule has 0 saturated heterocycles. The van der Waals surface area contributed by atoms with Crippen molar-refractivity contribution >= 4 is 0 Å². The molecule has 0 aromatic rings. The van der Waals surface area contributed by atoms with Gasteiger partial charge in [0.2, 0.25) is 0 Å². The molecule has 2 nitrogen and oxygen atoms in total. The number of hydrogen-bond donors (Lipinski definition) is 0. The van der Waals surface area contributed by atoms with Crippen molar-refractivity contribution in [1.29, 1.82) is 0 Å². The summed E-state index contributed by atoms with van der Waals surface area (Å²) in [4.78, 5) is 0. The van der Waals surface area contributed by atoms with Gasteiger partial charge in [-0.05, 0) is 25.7 Å². The maximum Gasteiger partial charge on any atom is 0.0780 e. The summed E-state index contributed by atoms with van der Waals surface area (Å²) in [6.45, 7) is 7.25. The molecule has 0 heterocycles. The number of halogens is 2. The molecule has 4 heteroatoms. The predicted octanol–water partition coefficient (Wildman–Crippen LogP) is 5.58. The molecule has 0 atom stereocenters. The summed E-state index contributed by atoms with van der Waals surface area (Å²) in [6.07, 6.45) is 37.8. The second-order valence-electron chi connectivity index (χ2n) is 14.5. The van der Waals surface area contributed by atoms with Crippen LogP contribution in [0.2, 0.25) is 0 Å². The number of rotatable bonds is 28. The molecule has 248 valence electrons. The van der Waals surface area contributed by atoms with Crippen molar-refractivity contribution in [3.05, 3.63) is 0 Å². The van der Waals surface area contributed by atoms with Crippen molar-refractivity contribution in [1.82, 2.24) is 0 Å². The van der Waals surface area contributed by atoms with Gasteiger partial charge in [0.15, 0.2) is 0 Å². The molecule has 0 N–H and O–H groups in total. The Bertz CT molecular complexity index is 429. The molecule has 40 heavy (non-hydrogen) atoms. The summed E-state index contributed by atoms with van der Waals surface area (Å²) < 4.78 is 2.25. The van der Waals surface area contributed by atoms with E-state index in [4.69, 9.17) is 0 Å². The number of quaternary nitrogens is 2. The summed E-state index contributed by atoms with van der Waals surface area (Å²) >= 11 is 0. The molecule has 0 aromatic carbocycles. The molecule has 0 spiro atoms. The van der Waals surface area contributed by atoms with Gasteiger partial charge in [-0.2, -0.15) is 0 Å². The maximum atomic E-state index is 2.29. The Morgan fingerprint density at radius 1 is 0.250 bits per heavy atom. The van der Waals surface area contributed by atoms with Crippen LogP contribution in [-0.4, -0.2) is 64.3 Å². The molecule has 0 bridgehead atoms. The lowest BCUT2D eigenvalue weighted by Gasteiger charge is -2.23. The second kappa shape index (κ2) is 35.7. The maximum absolute atomic E-state index is 2.29. The zero-order chi connectivity index (χ0) is 28.8. The molecular formula is C36H80Cl2N2. The van der Waals surface area contributed by atoms with E-state index < -0.39 is 0 Å². The minimum absolute atomic E-state index is 0. The van der Waals surface area contributed by atoms with Crippen molar-refractivity contribution in [3.63, 3.8) is 0 Å². The Hall–Kier alpha value is 0.500. The van der Waals surface area contributed by atoms with Gasteiger partial charge in [0.05, 0.1) is 55.4 Å². The first-order valence-corrected chi connectivity index (χ1v) is 17.7. The first kappa shape index (κ1) is 47.4. The lowest BCUT2D eigenvalue weighted by molar-refractivity contribution is -0.870. The Kier molecular flexibility index (Phi) is 42.3. The Labute approximate surface area is 269 Å². The fourth-order valence-electron chi connectivity index (χ4n) is 5.21. The zero-order valence-electron chi connectivity index (χ0n) is 29.4. The van der Waals surface area contributed by atoms with E-state index in [0.717, 1.165) is 8.97 Å². The molecule has 0 amide bonds. The van der Waals surface area contributed by atoms with Crippen LogP contribution in [0.1, 0.15) is 181 Å². The van der Waals surface area contributed by atoms with Gasteiger partial charge in [-0.25, -0.2) is 0 Å². The van der Waals surface area contributed by atoms with Gasteiger partial charge < -0.3 is 33.8 Å². The van der Waals surface area contributed by atoms with E-state index in [-0.39, 0.29) is 24.8 Å². The lowest BCUT2D eigenvalue weighted by atomic mass is 10.0. The van der Waals surface area contributed by atoms with E-state index in [1.165, 1.54) is 180 Å². The highest BCUT2D eigenvalue weighted by Gasteiger charge is 2.06. The Morgan fingerprint density at radius 3 is 0.550 bits per heavy atom. The molecular weight excluding hydrogens is 531 g/mol. The highest BCUT2D eigenvalue weighted by molar-refractivity contribution is 4.50. The monoisotopic (exact) mass is 611 g/mol. The third kappa shape index (κ3) is 51.3. The second-order valence-corrected chi connectivity index (χ2v) is 14.5. The zero-order valence-corrected chi connectivity index (χ0v) is 31.0. The predicted molar refractivity (Wildman–Crippen MR) is 177 cm³/mol. The van der Waals surface area contributed by atoms with Crippen LogP contribution in [0.4, 0.5) is 0 Å². The van der Waals surface area contributed by atoms with Crippen molar-refractivity contribution in [3.8, 4) is 0 Å². The van der Waals surface area contributed by atoms with E-state index >= 15 is 0 Å². The SMILES string of the molecule is CCCCCCCCCCCCCCCC[N+](C)(C)C.CCCCCCCCCCCCCC[N+](C)(C)C.[Cl-].[Cl-]. The summed E-state index contributed by atoms with van der Waals surface area (Å²) in [5, 5.41) is 0. The van der Waals surface area contributed by atoms with Gasteiger partial charge in [-0.3, -0.25) is 0 Å². The quantitative estimate of drug-likeness (QED) is 0.0801. The average molecular weight is 612 g/mol. The smallest absolute Gasteiger partial charge is 0.0780 e. The van der Waals surface area contributed by atoms with Crippen LogP contribution in [0.3, 0.4) is 0 Å². The van der Waals surface area contributed by atoms with Gasteiger partial charge in [0.1, 0.15) is 0 Å². The van der Waals surface area contributed by atoms with Crippen LogP contribution >= 0.6 is 0 Å². The molecule has 0 saturated carbocycles. The van der Waals surface area contributed by atoms with Crippen LogP contribution in [-0.2, 0) is 0 Å². The minimum atomic E-state index is 0. The third-order valence-electron chi connectivity index (χ3n) is 7.86. The number of nitrogens with zero attached hydrogens (tertiary/aromatic N) is 2. The highest BCUT2D eigenvalue weighted by Crippen LogP contribution is 2.14. The van der Waals surface area contributed by atoms with Crippen LogP contribution in [0.15, 0.2) is 0 Å². The normalized spacial score (nSPS) is 11.4. The molecule has 0 aliphatic rings. The molecule has 0 rings (SSSR count). The van der Waals surface area contributed by atoms with Crippen molar-refractivity contribution in [2.45, 2.75) is 181 Å². The summed E-state index contributed by atoms with van der Waals surface area (Å²) in [7, 11) is 13.8. The first-order valence-electron chi connectivity index (χ1n) is 17.7. The highest BCUT2D eigenvalue weighted by atomic mass is 35.5. The van der Waals surface area contributed by atoms with Crippen LogP contribution in [0.5, 0.6) is 0 Å². The lowest BCUT2D eigenvalue weighted by Crippen LogP contribution is -3.00. The third-order valence-corrected chi connectivity index (χ3v) is 7.86. The molecule has 0 fully saturated rings. The average Bonchev–Trinajstić information content (AvgIpc) is 2.84. The molecule has 0 aliphatic carbocycles. The summed E-state index contributed by atoms with van der Waals surface area (Å²) in [5.74, 6) is 0. The fraction of sp³-hybridized carbons (Fsp3) is 1.00. The van der Waals surface area contributed by atoms with Crippen molar-refractivity contribution in [2.24, 2.45) is 0 Å². The first-order chi connectivity index (χ1) is 18.1. The van der Waals surface area contributed by atoms with Crippen LogP contribution in [0, 0.1) is 0 Å². The number of hydrogen-bond acceptors (Lipinski definition) is 0. The van der Waals surface area contributed by atoms with Gasteiger partial charge in [0, 0.05) is 0 Å². The standard InChI is InChI=1S/C19H42N.C17H38N.2ClH/c1-5-6-7-8-9-10-11-12-13-14-15-16-17-18-19-20(2,3)4;1-5-6-7-8-9-10-11-12-13-14-15-16-17-18(2,3)4;;/h5-19H2,1-4H3;5-17H2,1-4H3;2*1H/q2*+1;;/p-2. The van der Waals surface area contributed by atoms with Gasteiger partial charge in [-0.15, -0.1) is 0 Å². The molecule has 0 aliphatic heterocycles. The Morgan fingerprint density at radius 2 is 0.400 bits per heavy atom. The Balaban J connectivity index is -0.000000310. The minimum Gasteiger partial charge on any atom is -1.00 e.